The number of aryl methyl sites for hydroxylation is 1. The van der Waals surface area contributed by atoms with E-state index < -0.39 is 5.92 Å². The lowest BCUT2D eigenvalue weighted by molar-refractivity contribution is -0.117. The van der Waals surface area contributed by atoms with Gasteiger partial charge in [-0.15, -0.1) is 0 Å². The summed E-state index contributed by atoms with van der Waals surface area (Å²) in [6, 6.07) is 9.42. The van der Waals surface area contributed by atoms with E-state index in [9.17, 15) is 4.79 Å². The molecule has 1 aromatic carbocycles. The first kappa shape index (κ1) is 12.3. The molecule has 0 radical (unpaired) electrons. The van der Waals surface area contributed by atoms with Gasteiger partial charge in [0.2, 0.25) is 5.91 Å². The van der Waals surface area contributed by atoms with Crippen LogP contribution in [0.25, 0.3) is 0 Å². The van der Waals surface area contributed by atoms with Gasteiger partial charge in [-0.1, -0.05) is 35.5 Å². The summed E-state index contributed by atoms with van der Waals surface area (Å²) in [5, 5.41) is 6.15. The largest absolute Gasteiger partial charge is 0.329 e. The second-order valence-electron chi connectivity index (χ2n) is 3.83. The molecule has 94 valence electrons. The van der Waals surface area contributed by atoms with Gasteiger partial charge in [-0.2, -0.15) is 4.98 Å². The topological polar surface area (TPSA) is 94.0 Å². The van der Waals surface area contributed by atoms with E-state index in [4.69, 9.17) is 10.3 Å². The van der Waals surface area contributed by atoms with Crippen LogP contribution in [0.4, 0.5) is 6.01 Å². The molecule has 6 heteroatoms. The summed E-state index contributed by atoms with van der Waals surface area (Å²) in [7, 11) is 0. The minimum atomic E-state index is -0.432. The number of hydrogen-bond donors (Lipinski definition) is 2. The number of nitrogens with zero attached hydrogens (tertiary/aromatic N) is 2. The van der Waals surface area contributed by atoms with Crippen LogP contribution < -0.4 is 11.1 Å². The highest BCUT2D eigenvalue weighted by Crippen LogP contribution is 2.16. The first-order chi connectivity index (χ1) is 8.70. The van der Waals surface area contributed by atoms with E-state index in [1.807, 2.05) is 30.3 Å². The second kappa shape index (κ2) is 5.42. The highest BCUT2D eigenvalue weighted by molar-refractivity contribution is 5.94. The third-order valence-electron chi connectivity index (χ3n) is 2.51. The molecule has 1 amide bonds. The van der Waals surface area contributed by atoms with Crippen molar-refractivity contribution in [3.8, 4) is 0 Å². The van der Waals surface area contributed by atoms with E-state index in [2.05, 4.69) is 15.5 Å². The number of aromatic nitrogens is 2. The summed E-state index contributed by atoms with van der Waals surface area (Å²) in [5.41, 5.74) is 6.49. The number of nitrogens with two attached hydrogens (primary N) is 1. The van der Waals surface area contributed by atoms with Gasteiger partial charge < -0.3 is 10.3 Å². The van der Waals surface area contributed by atoms with Gasteiger partial charge in [-0.25, -0.2) is 0 Å². The fourth-order valence-corrected chi connectivity index (χ4v) is 1.62. The fourth-order valence-electron chi connectivity index (χ4n) is 1.62. The number of rotatable bonds is 4. The Kier molecular flexibility index (Phi) is 3.69. The third kappa shape index (κ3) is 2.72. The van der Waals surface area contributed by atoms with Crippen LogP contribution in [0.1, 0.15) is 17.3 Å². The van der Waals surface area contributed by atoms with Crippen molar-refractivity contribution < 1.29 is 9.32 Å². The van der Waals surface area contributed by atoms with Crippen LogP contribution >= 0.6 is 0 Å². The molecule has 0 spiro atoms. The van der Waals surface area contributed by atoms with Crippen LogP contribution in [0.2, 0.25) is 0 Å². The molecule has 2 aromatic rings. The van der Waals surface area contributed by atoms with Crippen molar-refractivity contribution in [3.63, 3.8) is 0 Å². The molecule has 1 unspecified atom stereocenters. The molecule has 0 aliphatic rings. The summed E-state index contributed by atoms with van der Waals surface area (Å²) < 4.78 is 4.83. The fraction of sp³-hybridized carbons (Fsp3) is 0.250. The van der Waals surface area contributed by atoms with Gasteiger partial charge in [0.25, 0.3) is 0 Å². The Hall–Kier alpha value is -2.21. The standard InChI is InChI=1S/C12H14N4O2/c1-8-14-12(18-16-8)15-11(17)10(7-13)9-5-3-2-4-6-9/h2-6,10H,7,13H2,1H3,(H,14,15,16,17). The van der Waals surface area contributed by atoms with Gasteiger partial charge in [-0.3, -0.25) is 10.1 Å². The van der Waals surface area contributed by atoms with Gasteiger partial charge >= 0.3 is 6.01 Å². The SMILES string of the molecule is Cc1noc(NC(=O)C(CN)c2ccccc2)n1. The predicted octanol–water partition coefficient (Wildman–Crippen LogP) is 1.06. The average molecular weight is 246 g/mol. The van der Waals surface area contributed by atoms with Gasteiger partial charge in [-0.05, 0) is 12.5 Å². The average Bonchev–Trinajstić information content (AvgIpc) is 2.77. The quantitative estimate of drug-likeness (QED) is 0.841. The van der Waals surface area contributed by atoms with E-state index in [1.165, 1.54) is 0 Å². The zero-order chi connectivity index (χ0) is 13.0. The molecule has 2 rings (SSSR count). The van der Waals surface area contributed by atoms with Gasteiger partial charge in [0.15, 0.2) is 5.82 Å². The van der Waals surface area contributed by atoms with Crippen LogP contribution in [-0.4, -0.2) is 22.6 Å². The van der Waals surface area contributed by atoms with E-state index in [-0.39, 0.29) is 18.5 Å². The smallest absolute Gasteiger partial charge is 0.328 e. The van der Waals surface area contributed by atoms with Crippen molar-refractivity contribution in [2.75, 3.05) is 11.9 Å². The van der Waals surface area contributed by atoms with E-state index >= 15 is 0 Å². The van der Waals surface area contributed by atoms with Gasteiger partial charge in [0.1, 0.15) is 0 Å². The van der Waals surface area contributed by atoms with E-state index in [1.54, 1.807) is 6.92 Å². The van der Waals surface area contributed by atoms with Crippen LogP contribution in [-0.2, 0) is 4.79 Å². The van der Waals surface area contributed by atoms with Gasteiger partial charge in [0, 0.05) is 6.54 Å². The molecule has 0 bridgehead atoms. The maximum absolute atomic E-state index is 12.0. The monoisotopic (exact) mass is 246 g/mol. The number of carbonyl (C=O) groups is 1. The molecule has 1 aromatic heterocycles. The van der Waals surface area contributed by atoms with Crippen molar-refractivity contribution in [3.05, 3.63) is 41.7 Å². The summed E-state index contributed by atoms with van der Waals surface area (Å²) in [5.74, 6) is -0.222. The second-order valence-corrected chi connectivity index (χ2v) is 3.83. The molecule has 0 aliphatic heterocycles. The van der Waals surface area contributed by atoms with Crippen LogP contribution in [0, 0.1) is 6.92 Å². The summed E-state index contributed by atoms with van der Waals surface area (Å²) in [6.07, 6.45) is 0. The number of nitrogens with one attached hydrogen (secondary N) is 1. The summed E-state index contributed by atoms with van der Waals surface area (Å²) >= 11 is 0. The van der Waals surface area contributed by atoms with Crippen LogP contribution in [0.5, 0.6) is 0 Å². The molecule has 0 aliphatic carbocycles. The Bertz CT molecular complexity index is 524. The van der Waals surface area contributed by atoms with Crippen molar-refractivity contribution in [2.45, 2.75) is 12.8 Å². The molecule has 1 heterocycles. The molecule has 1 atom stereocenters. The minimum Gasteiger partial charge on any atom is -0.329 e. The molecule has 6 nitrogen and oxygen atoms in total. The zero-order valence-corrected chi connectivity index (χ0v) is 9.96. The Balaban J connectivity index is 2.11. The molecule has 18 heavy (non-hydrogen) atoms. The Morgan fingerprint density at radius 1 is 1.44 bits per heavy atom. The molecule has 0 fully saturated rings. The maximum atomic E-state index is 12.0. The van der Waals surface area contributed by atoms with Crippen molar-refractivity contribution in [2.24, 2.45) is 5.73 Å². The number of benzene rings is 1. The lowest BCUT2D eigenvalue weighted by Gasteiger charge is -2.13. The summed E-state index contributed by atoms with van der Waals surface area (Å²) in [4.78, 5) is 15.9. The number of amides is 1. The van der Waals surface area contributed by atoms with Crippen molar-refractivity contribution in [1.29, 1.82) is 0 Å². The first-order valence-electron chi connectivity index (χ1n) is 5.57. The number of carbonyl (C=O) groups excluding carboxylic acids is 1. The first-order valence-corrected chi connectivity index (χ1v) is 5.57. The van der Waals surface area contributed by atoms with Crippen molar-refractivity contribution in [1.82, 2.24) is 10.1 Å². The highest BCUT2D eigenvalue weighted by atomic mass is 16.5. The predicted molar refractivity (Wildman–Crippen MR) is 65.9 cm³/mol. The molecule has 3 N–H and O–H groups in total. The molecule has 0 saturated carbocycles. The van der Waals surface area contributed by atoms with Gasteiger partial charge in [0.05, 0.1) is 5.92 Å². The van der Waals surface area contributed by atoms with Crippen LogP contribution in [0.15, 0.2) is 34.9 Å². The Morgan fingerprint density at radius 2 is 2.17 bits per heavy atom. The minimum absolute atomic E-state index is 0.0897. The number of anilines is 1. The lowest BCUT2D eigenvalue weighted by atomic mass is 9.98. The summed E-state index contributed by atoms with van der Waals surface area (Å²) in [6.45, 7) is 1.89. The third-order valence-corrected chi connectivity index (χ3v) is 2.51. The lowest BCUT2D eigenvalue weighted by Crippen LogP contribution is -2.27. The highest BCUT2D eigenvalue weighted by Gasteiger charge is 2.20. The van der Waals surface area contributed by atoms with E-state index in [0.29, 0.717) is 5.82 Å². The van der Waals surface area contributed by atoms with E-state index in [0.717, 1.165) is 5.56 Å². The normalized spacial score (nSPS) is 12.1. The molecule has 0 saturated heterocycles. The molecular formula is C12H14N4O2. The Morgan fingerprint density at radius 3 is 2.72 bits per heavy atom. The zero-order valence-electron chi connectivity index (χ0n) is 9.96. The molecular weight excluding hydrogens is 232 g/mol. The number of hydrogen-bond acceptors (Lipinski definition) is 5. The van der Waals surface area contributed by atoms with Crippen molar-refractivity contribution >= 4 is 11.9 Å². The maximum Gasteiger partial charge on any atom is 0.328 e. The Labute approximate surface area is 104 Å². The van der Waals surface area contributed by atoms with Crippen LogP contribution in [0.3, 0.4) is 0 Å².